The molecule has 2 aliphatic rings. The number of fused-ring (bicyclic) bond motifs is 2. The van der Waals surface area contributed by atoms with Crippen molar-refractivity contribution in [2.24, 2.45) is 16.7 Å². The molecule has 2 saturated carbocycles. The van der Waals surface area contributed by atoms with Crippen molar-refractivity contribution in [2.75, 3.05) is 6.26 Å². The van der Waals surface area contributed by atoms with Crippen molar-refractivity contribution < 1.29 is 13.7 Å². The third-order valence-electron chi connectivity index (χ3n) is 6.50. The largest absolute Gasteiger partial charge is 0.458 e. The van der Waals surface area contributed by atoms with Gasteiger partial charge in [0.1, 0.15) is 6.10 Å². The van der Waals surface area contributed by atoms with E-state index in [2.05, 4.69) is 20.8 Å². The summed E-state index contributed by atoms with van der Waals surface area (Å²) < 4.78 is 17.3. The maximum absolute atomic E-state index is 12.6. The second-order valence-corrected chi connectivity index (χ2v) is 9.36. The second kappa shape index (κ2) is 5.73. The molecular weight excluding hydrogens is 308 g/mol. The quantitative estimate of drug-likeness (QED) is 0.784. The highest BCUT2D eigenvalue weighted by Gasteiger charge is 2.62. The first-order chi connectivity index (χ1) is 10.7. The van der Waals surface area contributed by atoms with Gasteiger partial charge in [-0.15, -0.1) is 0 Å². The molecule has 0 heterocycles. The molecule has 4 atom stereocenters. The highest BCUT2D eigenvalue weighted by Crippen LogP contribution is 2.66. The van der Waals surface area contributed by atoms with Crippen LogP contribution in [0.2, 0.25) is 0 Å². The Hall–Kier alpha value is -1.16. The van der Waals surface area contributed by atoms with Gasteiger partial charge in [-0.05, 0) is 48.3 Å². The van der Waals surface area contributed by atoms with Crippen LogP contribution in [0.15, 0.2) is 24.3 Å². The summed E-state index contributed by atoms with van der Waals surface area (Å²) in [6.07, 6.45) is 5.04. The molecule has 0 aromatic heterocycles. The second-order valence-electron chi connectivity index (χ2n) is 7.92. The number of hydrogen-bond donors (Lipinski definition) is 0. The fourth-order valence-corrected chi connectivity index (χ4v) is 5.18. The smallest absolute Gasteiger partial charge is 0.338 e. The van der Waals surface area contributed by atoms with Crippen LogP contribution < -0.4 is 0 Å². The summed E-state index contributed by atoms with van der Waals surface area (Å²) in [5.74, 6) is 0.875. The molecule has 3 rings (SSSR count). The molecular formula is C19H26O3S. The molecule has 0 aliphatic heterocycles. The lowest BCUT2D eigenvalue weighted by atomic mass is 9.70. The van der Waals surface area contributed by atoms with E-state index in [1.54, 1.807) is 12.3 Å². The number of carbonyl (C=O) groups excluding carboxylic acids is 1. The van der Waals surface area contributed by atoms with Gasteiger partial charge in [0.2, 0.25) is 0 Å². The van der Waals surface area contributed by atoms with E-state index >= 15 is 0 Å². The van der Waals surface area contributed by atoms with Gasteiger partial charge in [-0.2, -0.15) is 0 Å². The van der Waals surface area contributed by atoms with Crippen molar-refractivity contribution in [3.63, 3.8) is 0 Å². The Morgan fingerprint density at radius 3 is 2.65 bits per heavy atom. The Balaban J connectivity index is 1.75. The van der Waals surface area contributed by atoms with E-state index in [1.807, 2.05) is 18.2 Å². The normalized spacial score (nSPS) is 32.7. The van der Waals surface area contributed by atoms with Gasteiger partial charge in [0.05, 0.1) is 5.56 Å². The molecule has 23 heavy (non-hydrogen) atoms. The van der Waals surface area contributed by atoms with Crippen molar-refractivity contribution in [1.29, 1.82) is 0 Å². The van der Waals surface area contributed by atoms with Crippen molar-refractivity contribution in [3.8, 4) is 0 Å². The Morgan fingerprint density at radius 2 is 2.09 bits per heavy atom. The SMILES string of the molecule is C[S@](=O)Cc1cccc(C(=O)O[C@H]2C[C@H]3CC[C@@]2(C)C3(C)C)c1. The summed E-state index contributed by atoms with van der Waals surface area (Å²) in [4.78, 5) is 12.6. The molecule has 2 bridgehead atoms. The van der Waals surface area contributed by atoms with Gasteiger partial charge in [0.15, 0.2) is 0 Å². The van der Waals surface area contributed by atoms with Crippen LogP contribution in [-0.2, 0) is 21.3 Å². The molecule has 126 valence electrons. The van der Waals surface area contributed by atoms with E-state index in [1.165, 1.54) is 6.42 Å². The summed E-state index contributed by atoms with van der Waals surface area (Å²) >= 11 is 0. The molecule has 0 N–H and O–H groups in total. The fraction of sp³-hybridized carbons (Fsp3) is 0.632. The van der Waals surface area contributed by atoms with Crippen molar-refractivity contribution in [1.82, 2.24) is 0 Å². The van der Waals surface area contributed by atoms with E-state index in [-0.39, 0.29) is 22.9 Å². The number of rotatable bonds is 4. The monoisotopic (exact) mass is 334 g/mol. The number of esters is 1. The average Bonchev–Trinajstić information content (AvgIpc) is 2.80. The van der Waals surface area contributed by atoms with Crippen molar-refractivity contribution >= 4 is 16.8 Å². The van der Waals surface area contributed by atoms with Crippen LogP contribution in [0.5, 0.6) is 0 Å². The zero-order valence-electron chi connectivity index (χ0n) is 14.4. The first-order valence-electron chi connectivity index (χ1n) is 8.34. The zero-order valence-corrected chi connectivity index (χ0v) is 15.2. The van der Waals surface area contributed by atoms with Gasteiger partial charge in [-0.3, -0.25) is 4.21 Å². The Bertz CT molecular complexity index is 652. The standard InChI is InChI=1S/C19H26O3S/c1-18(2)15-8-9-19(18,3)16(11-15)22-17(20)14-7-5-6-13(10-14)12-23(4)21/h5-7,10,15-16H,8-9,11-12H2,1-4H3/t15-,16+,19-,23+/m1/s1. The molecule has 0 saturated heterocycles. The molecule has 3 nitrogen and oxygen atoms in total. The Kier molecular flexibility index (Phi) is 4.16. The van der Waals surface area contributed by atoms with E-state index < -0.39 is 10.8 Å². The van der Waals surface area contributed by atoms with E-state index in [0.29, 0.717) is 17.2 Å². The lowest BCUT2D eigenvalue weighted by Crippen LogP contribution is -2.38. The zero-order chi connectivity index (χ0) is 16.8. The number of hydrogen-bond acceptors (Lipinski definition) is 3. The fourth-order valence-electron chi connectivity index (χ4n) is 4.53. The molecule has 0 spiro atoms. The lowest BCUT2D eigenvalue weighted by molar-refractivity contribution is -0.0242. The highest BCUT2D eigenvalue weighted by molar-refractivity contribution is 7.83. The topological polar surface area (TPSA) is 43.4 Å². The third kappa shape index (κ3) is 2.75. The van der Waals surface area contributed by atoms with E-state index in [0.717, 1.165) is 18.4 Å². The molecule has 1 aromatic rings. The minimum atomic E-state index is -0.913. The van der Waals surface area contributed by atoms with Crippen LogP contribution in [0.4, 0.5) is 0 Å². The van der Waals surface area contributed by atoms with Crippen molar-refractivity contribution in [3.05, 3.63) is 35.4 Å². The molecule has 0 radical (unpaired) electrons. The molecule has 1 aromatic carbocycles. The van der Waals surface area contributed by atoms with Crippen LogP contribution in [0.3, 0.4) is 0 Å². The van der Waals surface area contributed by atoms with Gasteiger partial charge >= 0.3 is 5.97 Å². The van der Waals surface area contributed by atoms with Gasteiger partial charge in [0, 0.05) is 28.2 Å². The summed E-state index contributed by atoms with van der Waals surface area (Å²) in [6, 6.07) is 7.33. The minimum Gasteiger partial charge on any atom is -0.458 e. The number of benzene rings is 1. The van der Waals surface area contributed by atoms with E-state index in [9.17, 15) is 9.00 Å². The van der Waals surface area contributed by atoms with Crippen LogP contribution in [-0.4, -0.2) is 22.5 Å². The first kappa shape index (κ1) is 16.7. The molecule has 0 amide bonds. The van der Waals surface area contributed by atoms with Crippen LogP contribution in [0, 0.1) is 16.7 Å². The highest BCUT2D eigenvalue weighted by atomic mass is 32.2. The Labute approximate surface area is 141 Å². The van der Waals surface area contributed by atoms with E-state index in [4.69, 9.17) is 4.74 Å². The molecule has 2 fully saturated rings. The summed E-state index contributed by atoms with van der Waals surface area (Å²) in [6.45, 7) is 6.90. The summed E-state index contributed by atoms with van der Waals surface area (Å²) in [7, 11) is -0.913. The van der Waals surface area contributed by atoms with Gasteiger partial charge in [0.25, 0.3) is 0 Å². The predicted octanol–water partition coefficient (Wildman–Crippen LogP) is 3.94. The lowest BCUT2D eigenvalue weighted by Gasteiger charge is -2.38. The summed E-state index contributed by atoms with van der Waals surface area (Å²) in [5, 5.41) is 0. The Morgan fingerprint density at radius 1 is 1.35 bits per heavy atom. The van der Waals surface area contributed by atoms with Crippen molar-refractivity contribution in [2.45, 2.75) is 51.9 Å². The van der Waals surface area contributed by atoms with Crippen LogP contribution in [0.25, 0.3) is 0 Å². The summed E-state index contributed by atoms with van der Waals surface area (Å²) in [5.41, 5.74) is 1.80. The van der Waals surface area contributed by atoms with Crippen LogP contribution in [0.1, 0.15) is 56.0 Å². The number of carbonyl (C=O) groups is 1. The van der Waals surface area contributed by atoms with Crippen LogP contribution >= 0.6 is 0 Å². The van der Waals surface area contributed by atoms with Gasteiger partial charge in [-0.25, -0.2) is 4.79 Å². The average molecular weight is 334 g/mol. The maximum Gasteiger partial charge on any atom is 0.338 e. The van der Waals surface area contributed by atoms with Gasteiger partial charge in [-0.1, -0.05) is 32.9 Å². The maximum atomic E-state index is 12.6. The molecule has 2 aliphatic carbocycles. The first-order valence-corrected chi connectivity index (χ1v) is 10.1. The minimum absolute atomic E-state index is 0.00714. The van der Waals surface area contributed by atoms with Gasteiger partial charge < -0.3 is 4.74 Å². The molecule has 0 unspecified atom stereocenters. The molecule has 4 heteroatoms. The number of ether oxygens (including phenoxy) is 1. The predicted molar refractivity (Wildman–Crippen MR) is 92.6 cm³/mol. The third-order valence-corrected chi connectivity index (χ3v) is 7.24.